The molecule has 1 fully saturated rings. The number of fused-ring (bicyclic) bond motifs is 1. The Hall–Kier alpha value is -3.07. The molecule has 0 bridgehead atoms. The Kier molecular flexibility index (Phi) is 7.74. The molecule has 3 rings (SSSR count). The minimum atomic E-state index is -0.541. The standard InChI is InChI=1S/C23H31N3O6/c1-5-31-22(28)15-9-11-26(12-10-15)14(3)21(27)25-19-17-13-16(30-4)7-8-18(17)24-20(19)23(29)32-6-2/h7-8,13-15,24H,5-6,9-12H2,1-4H3,(H,25,27). The second-order valence-corrected chi connectivity index (χ2v) is 7.73. The summed E-state index contributed by atoms with van der Waals surface area (Å²) in [6, 6.07) is 4.88. The fourth-order valence-electron chi connectivity index (χ4n) is 3.96. The number of aromatic nitrogens is 1. The lowest BCUT2D eigenvalue weighted by Crippen LogP contribution is -2.47. The molecule has 0 saturated carbocycles. The minimum Gasteiger partial charge on any atom is -0.497 e. The SMILES string of the molecule is CCOC(=O)c1[nH]c2ccc(OC)cc2c1NC(=O)C(C)N1CCC(C(=O)OCC)CC1. The van der Waals surface area contributed by atoms with Crippen molar-refractivity contribution in [3.63, 3.8) is 0 Å². The van der Waals surface area contributed by atoms with E-state index in [9.17, 15) is 14.4 Å². The van der Waals surface area contributed by atoms with Crippen molar-refractivity contribution >= 4 is 34.4 Å². The predicted octanol–water partition coefficient (Wildman–Crippen LogP) is 2.96. The highest BCUT2D eigenvalue weighted by Gasteiger charge is 2.31. The lowest BCUT2D eigenvalue weighted by molar-refractivity contribution is -0.149. The van der Waals surface area contributed by atoms with E-state index in [-0.39, 0.29) is 30.1 Å². The molecule has 1 aromatic heterocycles. The molecule has 2 aromatic rings. The molecule has 0 spiro atoms. The number of nitrogens with zero attached hydrogens (tertiary/aromatic N) is 1. The van der Waals surface area contributed by atoms with Crippen molar-refractivity contribution < 1.29 is 28.6 Å². The van der Waals surface area contributed by atoms with Crippen LogP contribution in [0.2, 0.25) is 0 Å². The summed E-state index contributed by atoms with van der Waals surface area (Å²) in [7, 11) is 1.56. The Bertz CT molecular complexity index is 978. The first-order valence-corrected chi connectivity index (χ1v) is 11.0. The summed E-state index contributed by atoms with van der Waals surface area (Å²) in [5.41, 5.74) is 1.25. The normalized spacial score (nSPS) is 15.9. The number of esters is 2. The van der Waals surface area contributed by atoms with Gasteiger partial charge in [0, 0.05) is 10.9 Å². The van der Waals surface area contributed by atoms with Gasteiger partial charge in [-0.2, -0.15) is 0 Å². The van der Waals surface area contributed by atoms with Gasteiger partial charge in [0.15, 0.2) is 0 Å². The number of piperidine rings is 1. The molecule has 9 nitrogen and oxygen atoms in total. The van der Waals surface area contributed by atoms with Crippen molar-refractivity contribution in [1.29, 1.82) is 0 Å². The van der Waals surface area contributed by atoms with Crippen molar-refractivity contribution in [1.82, 2.24) is 9.88 Å². The third kappa shape index (κ3) is 5.04. The molecule has 32 heavy (non-hydrogen) atoms. The number of aromatic amines is 1. The number of rotatable bonds is 8. The molecular formula is C23H31N3O6. The average molecular weight is 446 g/mol. The number of ether oxygens (including phenoxy) is 3. The average Bonchev–Trinajstić information content (AvgIpc) is 3.16. The van der Waals surface area contributed by atoms with Crippen LogP contribution in [-0.4, -0.2) is 67.2 Å². The van der Waals surface area contributed by atoms with Gasteiger partial charge in [-0.25, -0.2) is 4.79 Å². The summed E-state index contributed by atoms with van der Waals surface area (Å²) in [5.74, 6) is -0.472. The molecular weight excluding hydrogens is 414 g/mol. The molecule has 0 radical (unpaired) electrons. The van der Waals surface area contributed by atoms with E-state index in [0.717, 1.165) is 0 Å². The molecule has 2 heterocycles. The lowest BCUT2D eigenvalue weighted by Gasteiger charge is -2.34. The number of likely N-dealkylation sites (tertiary alicyclic amines) is 1. The molecule has 1 unspecified atom stereocenters. The van der Waals surface area contributed by atoms with Gasteiger partial charge in [-0.3, -0.25) is 14.5 Å². The van der Waals surface area contributed by atoms with Gasteiger partial charge < -0.3 is 24.5 Å². The minimum absolute atomic E-state index is 0.127. The Morgan fingerprint density at radius 2 is 1.84 bits per heavy atom. The van der Waals surface area contributed by atoms with E-state index in [1.807, 2.05) is 11.8 Å². The summed E-state index contributed by atoms with van der Waals surface area (Å²) in [5, 5.41) is 3.58. The monoisotopic (exact) mass is 445 g/mol. The third-order valence-electron chi connectivity index (χ3n) is 5.81. The van der Waals surface area contributed by atoms with Crippen LogP contribution in [-0.2, 0) is 19.1 Å². The van der Waals surface area contributed by atoms with Crippen molar-refractivity contribution in [2.45, 2.75) is 39.7 Å². The molecule has 1 aromatic carbocycles. The number of hydrogen-bond acceptors (Lipinski definition) is 7. The van der Waals surface area contributed by atoms with E-state index in [4.69, 9.17) is 14.2 Å². The van der Waals surface area contributed by atoms with Crippen molar-refractivity contribution in [3.8, 4) is 5.75 Å². The Labute approximate surface area is 187 Å². The van der Waals surface area contributed by atoms with E-state index in [1.54, 1.807) is 39.2 Å². The smallest absolute Gasteiger partial charge is 0.356 e. The summed E-state index contributed by atoms with van der Waals surface area (Å²) < 4.78 is 15.6. The number of benzene rings is 1. The quantitative estimate of drug-likeness (QED) is 0.601. The highest BCUT2D eigenvalue weighted by molar-refractivity contribution is 6.12. The Morgan fingerprint density at radius 1 is 1.16 bits per heavy atom. The molecule has 0 aliphatic carbocycles. The van der Waals surface area contributed by atoms with E-state index < -0.39 is 12.0 Å². The predicted molar refractivity (Wildman–Crippen MR) is 120 cm³/mol. The molecule has 1 saturated heterocycles. The zero-order valence-corrected chi connectivity index (χ0v) is 19.0. The number of anilines is 1. The maximum Gasteiger partial charge on any atom is 0.356 e. The zero-order chi connectivity index (χ0) is 23.3. The van der Waals surface area contributed by atoms with Crippen molar-refractivity contribution in [2.24, 2.45) is 5.92 Å². The van der Waals surface area contributed by atoms with Crippen LogP contribution >= 0.6 is 0 Å². The highest BCUT2D eigenvalue weighted by atomic mass is 16.5. The Morgan fingerprint density at radius 3 is 2.47 bits per heavy atom. The second kappa shape index (κ2) is 10.5. The van der Waals surface area contributed by atoms with E-state index in [1.165, 1.54) is 0 Å². The van der Waals surface area contributed by atoms with Gasteiger partial charge in [-0.15, -0.1) is 0 Å². The van der Waals surface area contributed by atoms with Gasteiger partial charge >= 0.3 is 11.9 Å². The summed E-state index contributed by atoms with van der Waals surface area (Å²) >= 11 is 0. The van der Waals surface area contributed by atoms with Crippen molar-refractivity contribution in [2.75, 3.05) is 38.7 Å². The first kappa shape index (κ1) is 23.6. The maximum absolute atomic E-state index is 13.1. The molecule has 1 atom stereocenters. The first-order valence-electron chi connectivity index (χ1n) is 11.0. The van der Waals surface area contributed by atoms with Crippen LogP contribution in [0.3, 0.4) is 0 Å². The van der Waals surface area contributed by atoms with Gasteiger partial charge in [0.25, 0.3) is 0 Å². The number of hydrogen-bond donors (Lipinski definition) is 2. The van der Waals surface area contributed by atoms with Crippen molar-refractivity contribution in [3.05, 3.63) is 23.9 Å². The molecule has 9 heteroatoms. The number of carbonyl (C=O) groups is 3. The topological polar surface area (TPSA) is 110 Å². The summed E-state index contributed by atoms with van der Waals surface area (Å²) in [6.07, 6.45) is 1.30. The molecule has 1 aliphatic rings. The number of carbonyl (C=O) groups excluding carboxylic acids is 3. The maximum atomic E-state index is 13.1. The van der Waals surface area contributed by atoms with E-state index >= 15 is 0 Å². The first-order chi connectivity index (χ1) is 15.4. The van der Waals surface area contributed by atoms with Gasteiger partial charge in [-0.1, -0.05) is 0 Å². The fourth-order valence-corrected chi connectivity index (χ4v) is 3.96. The second-order valence-electron chi connectivity index (χ2n) is 7.73. The number of nitrogens with one attached hydrogen (secondary N) is 2. The largest absolute Gasteiger partial charge is 0.497 e. The molecule has 2 N–H and O–H groups in total. The van der Waals surface area contributed by atoms with Crippen LogP contribution < -0.4 is 10.1 Å². The van der Waals surface area contributed by atoms with E-state index in [0.29, 0.717) is 54.9 Å². The van der Waals surface area contributed by atoms with E-state index in [2.05, 4.69) is 10.3 Å². The molecule has 174 valence electrons. The molecule has 1 aliphatic heterocycles. The zero-order valence-electron chi connectivity index (χ0n) is 19.0. The highest BCUT2D eigenvalue weighted by Crippen LogP contribution is 2.32. The van der Waals surface area contributed by atoms with Crippen LogP contribution in [0.5, 0.6) is 5.75 Å². The lowest BCUT2D eigenvalue weighted by atomic mass is 9.96. The number of H-pyrrole nitrogens is 1. The van der Waals surface area contributed by atoms with Crippen LogP contribution in [0.1, 0.15) is 44.1 Å². The van der Waals surface area contributed by atoms with Gasteiger partial charge in [0.1, 0.15) is 11.4 Å². The van der Waals surface area contributed by atoms with Gasteiger partial charge in [-0.05, 0) is 64.9 Å². The van der Waals surface area contributed by atoms with Gasteiger partial charge in [0.05, 0.1) is 38.0 Å². The Balaban J connectivity index is 1.77. The third-order valence-corrected chi connectivity index (χ3v) is 5.81. The van der Waals surface area contributed by atoms with Crippen LogP contribution in [0.15, 0.2) is 18.2 Å². The summed E-state index contributed by atoms with van der Waals surface area (Å²) in [4.78, 5) is 42.7. The fraction of sp³-hybridized carbons (Fsp3) is 0.522. The summed E-state index contributed by atoms with van der Waals surface area (Å²) in [6.45, 7) is 7.16. The van der Waals surface area contributed by atoms with Crippen LogP contribution in [0.4, 0.5) is 5.69 Å². The van der Waals surface area contributed by atoms with Crippen LogP contribution in [0.25, 0.3) is 10.9 Å². The molecule has 1 amide bonds. The van der Waals surface area contributed by atoms with Gasteiger partial charge in [0.2, 0.25) is 5.91 Å². The number of methoxy groups -OCH3 is 1. The van der Waals surface area contributed by atoms with Crippen LogP contribution in [0, 0.1) is 5.92 Å². The number of amides is 1.